The van der Waals surface area contributed by atoms with Crippen molar-refractivity contribution in [1.29, 1.82) is 0 Å². The molecule has 0 bridgehead atoms. The van der Waals surface area contributed by atoms with Crippen molar-refractivity contribution >= 4 is 0 Å². The van der Waals surface area contributed by atoms with Gasteiger partial charge in [0.2, 0.25) is 0 Å². The van der Waals surface area contributed by atoms with Gasteiger partial charge in [-0.2, -0.15) is 8.78 Å². The number of benzene rings is 1. The van der Waals surface area contributed by atoms with Crippen molar-refractivity contribution < 1.29 is 27.4 Å². The molecule has 6 heteroatoms. The first-order valence-electron chi connectivity index (χ1n) is 10.6. The summed E-state index contributed by atoms with van der Waals surface area (Å²) in [6, 6.07) is 4.72. The Morgan fingerprint density at radius 1 is 0.786 bits per heavy atom. The summed E-state index contributed by atoms with van der Waals surface area (Å²) >= 11 is 0. The van der Waals surface area contributed by atoms with Crippen molar-refractivity contribution in [1.82, 2.24) is 0 Å². The van der Waals surface area contributed by atoms with Gasteiger partial charge < -0.3 is 14.2 Å². The van der Waals surface area contributed by atoms with E-state index in [-0.39, 0.29) is 18.0 Å². The zero-order chi connectivity index (χ0) is 19.6. The maximum Gasteiger partial charge on any atom is 0.400 e. The highest BCUT2D eigenvalue weighted by atomic mass is 19.3. The van der Waals surface area contributed by atoms with Crippen LogP contribution in [0.5, 0.6) is 5.75 Å². The highest BCUT2D eigenvalue weighted by Gasteiger charge is 2.45. The van der Waals surface area contributed by atoms with Crippen LogP contribution in [0.4, 0.5) is 13.2 Å². The van der Waals surface area contributed by atoms with Gasteiger partial charge in [0.25, 0.3) is 0 Å². The molecule has 4 rings (SSSR count). The third kappa shape index (κ3) is 4.65. The molecular formula is C22H29F3O3. The van der Waals surface area contributed by atoms with E-state index >= 15 is 0 Å². The zero-order valence-corrected chi connectivity index (χ0v) is 16.1. The van der Waals surface area contributed by atoms with Gasteiger partial charge in [-0.1, -0.05) is 25.7 Å². The number of hydrogen-bond donors (Lipinski definition) is 0. The second-order valence-corrected chi connectivity index (χ2v) is 8.57. The lowest BCUT2D eigenvalue weighted by Gasteiger charge is -2.40. The van der Waals surface area contributed by atoms with E-state index in [0.29, 0.717) is 31.6 Å². The van der Waals surface area contributed by atoms with Gasteiger partial charge in [-0.3, -0.25) is 0 Å². The van der Waals surface area contributed by atoms with E-state index in [9.17, 15) is 13.2 Å². The van der Waals surface area contributed by atoms with Crippen LogP contribution in [0.15, 0.2) is 24.3 Å². The number of hydrogen-bond acceptors (Lipinski definition) is 3. The van der Waals surface area contributed by atoms with Crippen LogP contribution in [0.25, 0.3) is 0 Å². The predicted octanol–water partition coefficient (Wildman–Crippen LogP) is 5.78. The minimum Gasteiger partial charge on any atom is -0.432 e. The third-order valence-corrected chi connectivity index (χ3v) is 6.72. The summed E-state index contributed by atoms with van der Waals surface area (Å²) in [5.74, 6) is 0.0535. The molecule has 2 aliphatic carbocycles. The lowest BCUT2D eigenvalue weighted by molar-refractivity contribution is -0.250. The quantitative estimate of drug-likeness (QED) is 0.629. The molecule has 0 N–H and O–H groups in total. The normalized spacial score (nSPS) is 32.4. The van der Waals surface area contributed by atoms with E-state index in [4.69, 9.17) is 14.2 Å². The van der Waals surface area contributed by atoms with Gasteiger partial charge in [0, 0.05) is 11.8 Å². The molecule has 156 valence electrons. The standard InChI is InChI=1S/C22H29F3O3/c23-19-9-11-20(12-10-19)28-22(24,25)18-7-5-16(6-8-18)21-26-13-17(14-27-21)15-3-1-2-4-15/h9-12,15-18,21H,1-8,13-14H2. The van der Waals surface area contributed by atoms with Crippen LogP contribution < -0.4 is 4.74 Å². The Morgan fingerprint density at radius 2 is 1.39 bits per heavy atom. The molecule has 0 spiro atoms. The van der Waals surface area contributed by atoms with Gasteiger partial charge in [-0.05, 0) is 55.9 Å². The van der Waals surface area contributed by atoms with Gasteiger partial charge in [0.1, 0.15) is 11.6 Å². The summed E-state index contributed by atoms with van der Waals surface area (Å²) in [5.41, 5.74) is 0. The maximum atomic E-state index is 14.5. The molecule has 28 heavy (non-hydrogen) atoms. The Morgan fingerprint density at radius 3 is 2.00 bits per heavy atom. The summed E-state index contributed by atoms with van der Waals surface area (Å²) in [7, 11) is 0. The molecular weight excluding hydrogens is 369 g/mol. The number of halogens is 3. The third-order valence-electron chi connectivity index (χ3n) is 6.72. The largest absolute Gasteiger partial charge is 0.432 e. The van der Waals surface area contributed by atoms with Crippen LogP contribution >= 0.6 is 0 Å². The molecule has 1 aromatic rings. The van der Waals surface area contributed by atoms with E-state index in [0.717, 1.165) is 31.3 Å². The first-order chi connectivity index (χ1) is 13.5. The predicted molar refractivity (Wildman–Crippen MR) is 98.6 cm³/mol. The minimum atomic E-state index is -3.26. The van der Waals surface area contributed by atoms with Crippen LogP contribution in [0.2, 0.25) is 0 Å². The summed E-state index contributed by atoms with van der Waals surface area (Å²) in [5, 5.41) is 0. The Hall–Kier alpha value is -1.27. The van der Waals surface area contributed by atoms with Crippen molar-refractivity contribution in [2.45, 2.75) is 63.8 Å². The summed E-state index contributed by atoms with van der Waals surface area (Å²) in [4.78, 5) is 0. The molecule has 3 nitrogen and oxygen atoms in total. The number of alkyl halides is 2. The average Bonchev–Trinajstić information content (AvgIpc) is 3.25. The van der Waals surface area contributed by atoms with E-state index in [2.05, 4.69) is 0 Å². The fourth-order valence-electron chi connectivity index (χ4n) is 4.98. The van der Waals surface area contributed by atoms with E-state index in [1.54, 1.807) is 0 Å². The summed E-state index contributed by atoms with van der Waals surface area (Å²) < 4.78 is 58.8. The fraction of sp³-hybridized carbons (Fsp3) is 0.727. The highest BCUT2D eigenvalue weighted by molar-refractivity contribution is 5.22. The van der Waals surface area contributed by atoms with Crippen molar-refractivity contribution in [2.24, 2.45) is 23.7 Å². The lowest BCUT2D eigenvalue weighted by atomic mass is 9.80. The highest BCUT2D eigenvalue weighted by Crippen LogP contribution is 2.42. The zero-order valence-electron chi connectivity index (χ0n) is 16.1. The number of rotatable bonds is 5. The molecule has 1 aliphatic heterocycles. The monoisotopic (exact) mass is 398 g/mol. The molecule has 0 atom stereocenters. The SMILES string of the molecule is Fc1ccc(OC(F)(F)C2CCC(C3OCC(C4CCCC4)CO3)CC2)cc1. The molecule has 3 fully saturated rings. The van der Waals surface area contributed by atoms with Crippen LogP contribution in [0.1, 0.15) is 51.4 Å². The summed E-state index contributed by atoms with van der Waals surface area (Å²) in [6.45, 7) is 1.47. The molecule has 0 radical (unpaired) electrons. The average molecular weight is 398 g/mol. The smallest absolute Gasteiger partial charge is 0.400 e. The van der Waals surface area contributed by atoms with Crippen molar-refractivity contribution in [2.75, 3.05) is 13.2 Å². The summed E-state index contributed by atoms with van der Waals surface area (Å²) in [6.07, 6.45) is 3.67. The second kappa shape index (κ2) is 8.62. The van der Waals surface area contributed by atoms with Gasteiger partial charge >= 0.3 is 6.11 Å². The Labute approximate surface area is 164 Å². The Kier molecular flexibility index (Phi) is 6.16. The van der Waals surface area contributed by atoms with Crippen LogP contribution in [-0.4, -0.2) is 25.6 Å². The van der Waals surface area contributed by atoms with E-state index in [1.807, 2.05) is 0 Å². The molecule has 0 aromatic heterocycles. The Bertz CT molecular complexity index is 614. The van der Waals surface area contributed by atoms with Crippen LogP contribution in [0, 0.1) is 29.5 Å². The van der Waals surface area contributed by atoms with E-state index < -0.39 is 17.8 Å². The van der Waals surface area contributed by atoms with Gasteiger partial charge in [-0.15, -0.1) is 0 Å². The van der Waals surface area contributed by atoms with Crippen LogP contribution in [-0.2, 0) is 9.47 Å². The molecule has 3 aliphatic rings. The van der Waals surface area contributed by atoms with Gasteiger partial charge in [0.05, 0.1) is 19.1 Å². The van der Waals surface area contributed by atoms with Gasteiger partial charge in [0.15, 0.2) is 6.29 Å². The van der Waals surface area contributed by atoms with Crippen LogP contribution in [0.3, 0.4) is 0 Å². The Balaban J connectivity index is 1.24. The number of ether oxygens (including phenoxy) is 3. The van der Waals surface area contributed by atoms with E-state index in [1.165, 1.54) is 37.8 Å². The first kappa shape index (κ1) is 20.0. The molecule has 0 amide bonds. The molecule has 0 unspecified atom stereocenters. The van der Waals surface area contributed by atoms with Crippen molar-refractivity contribution in [3.8, 4) is 5.75 Å². The molecule has 1 aromatic carbocycles. The maximum absolute atomic E-state index is 14.5. The molecule has 1 heterocycles. The topological polar surface area (TPSA) is 27.7 Å². The van der Waals surface area contributed by atoms with Crippen molar-refractivity contribution in [3.63, 3.8) is 0 Å². The molecule has 1 saturated heterocycles. The van der Waals surface area contributed by atoms with Gasteiger partial charge in [-0.25, -0.2) is 4.39 Å². The van der Waals surface area contributed by atoms with Crippen molar-refractivity contribution in [3.05, 3.63) is 30.1 Å². The lowest BCUT2D eigenvalue weighted by Crippen LogP contribution is -2.43. The molecule has 2 saturated carbocycles. The fourth-order valence-corrected chi connectivity index (χ4v) is 4.98. The minimum absolute atomic E-state index is 0.00887. The first-order valence-corrected chi connectivity index (χ1v) is 10.6. The second-order valence-electron chi connectivity index (χ2n) is 8.57.